The summed E-state index contributed by atoms with van der Waals surface area (Å²) < 4.78 is 26.6. The molecule has 0 bridgehead atoms. The van der Waals surface area contributed by atoms with E-state index in [2.05, 4.69) is 20.1 Å². The number of aromatic nitrogens is 3. The van der Waals surface area contributed by atoms with Gasteiger partial charge in [-0.1, -0.05) is 11.6 Å². The molecule has 0 saturated heterocycles. The molecule has 0 aromatic carbocycles. The van der Waals surface area contributed by atoms with Crippen LogP contribution >= 0.6 is 11.6 Å². The van der Waals surface area contributed by atoms with Crippen LogP contribution in [0, 0.1) is 6.92 Å². The maximum atomic E-state index is 11.2. The smallest absolute Gasteiger partial charge is 0.208 e. The third-order valence-corrected chi connectivity index (χ3v) is 4.34. The number of hydrogen-bond acceptors (Lipinski definition) is 5. The van der Waals surface area contributed by atoms with Gasteiger partial charge in [-0.25, -0.2) is 18.1 Å². The molecule has 0 amide bonds. The molecule has 3 rings (SSSR count). The van der Waals surface area contributed by atoms with Crippen molar-refractivity contribution in [1.29, 1.82) is 0 Å². The first-order valence-corrected chi connectivity index (χ1v) is 8.84. The molecule has 0 radical (unpaired) electrons. The summed E-state index contributed by atoms with van der Waals surface area (Å²) >= 11 is 6.01. The highest BCUT2D eigenvalue weighted by Gasteiger charge is 2.31. The van der Waals surface area contributed by atoms with Gasteiger partial charge in [-0.15, -0.1) is 0 Å². The molecular weight excluding hydrogens is 314 g/mol. The maximum Gasteiger partial charge on any atom is 0.208 e. The minimum absolute atomic E-state index is 0.00958. The van der Waals surface area contributed by atoms with E-state index >= 15 is 0 Å². The van der Waals surface area contributed by atoms with E-state index in [1.54, 1.807) is 10.6 Å². The summed E-state index contributed by atoms with van der Waals surface area (Å²) in [5.41, 5.74) is 1.55. The average Bonchev–Trinajstić information content (AvgIpc) is 2.64. The van der Waals surface area contributed by atoms with Gasteiger partial charge in [0.2, 0.25) is 10.0 Å². The number of anilines is 1. The molecule has 0 unspecified atom stereocenters. The van der Waals surface area contributed by atoms with E-state index in [0.29, 0.717) is 10.8 Å². The van der Waals surface area contributed by atoms with Gasteiger partial charge >= 0.3 is 0 Å². The summed E-state index contributed by atoms with van der Waals surface area (Å²) in [6.45, 7) is 1.89. The fraction of sp³-hybridized carbons (Fsp3) is 0.500. The quantitative estimate of drug-likeness (QED) is 0.822. The van der Waals surface area contributed by atoms with E-state index in [9.17, 15) is 8.42 Å². The molecule has 2 N–H and O–H groups in total. The Morgan fingerprint density at radius 3 is 2.71 bits per heavy atom. The summed E-state index contributed by atoms with van der Waals surface area (Å²) in [5.74, 6) is 0.765. The highest BCUT2D eigenvalue weighted by atomic mass is 35.5. The van der Waals surface area contributed by atoms with Crippen molar-refractivity contribution in [3.05, 3.63) is 23.0 Å². The monoisotopic (exact) mass is 329 g/mol. The van der Waals surface area contributed by atoms with Crippen molar-refractivity contribution in [1.82, 2.24) is 19.3 Å². The Balaban J connectivity index is 1.72. The Morgan fingerprint density at radius 2 is 2.05 bits per heavy atom. The molecule has 1 fully saturated rings. The topological polar surface area (TPSA) is 88.4 Å². The lowest BCUT2D eigenvalue weighted by atomic mass is 9.88. The summed E-state index contributed by atoms with van der Waals surface area (Å²) in [5, 5.41) is 8.10. The zero-order valence-electron chi connectivity index (χ0n) is 11.7. The molecule has 2 heterocycles. The van der Waals surface area contributed by atoms with Gasteiger partial charge in [0.1, 0.15) is 11.0 Å². The van der Waals surface area contributed by atoms with Crippen molar-refractivity contribution in [2.75, 3.05) is 11.6 Å². The summed E-state index contributed by atoms with van der Waals surface area (Å²) in [7, 11) is -3.14. The fourth-order valence-corrected chi connectivity index (χ4v) is 3.49. The highest BCUT2D eigenvalue weighted by Crippen LogP contribution is 2.26. The van der Waals surface area contributed by atoms with Gasteiger partial charge in [-0.3, -0.25) is 0 Å². The Labute approximate surface area is 127 Å². The van der Waals surface area contributed by atoms with Crippen molar-refractivity contribution in [2.24, 2.45) is 0 Å². The van der Waals surface area contributed by atoms with Crippen LogP contribution in [0.3, 0.4) is 0 Å². The van der Waals surface area contributed by atoms with Gasteiger partial charge in [0, 0.05) is 24.2 Å². The van der Waals surface area contributed by atoms with Crippen LogP contribution in [-0.2, 0) is 10.0 Å². The molecule has 0 aliphatic heterocycles. The second-order valence-electron chi connectivity index (χ2n) is 5.42. The lowest BCUT2D eigenvalue weighted by molar-refractivity contribution is 0.346. The van der Waals surface area contributed by atoms with Gasteiger partial charge in [-0.2, -0.15) is 9.61 Å². The molecule has 1 saturated carbocycles. The van der Waals surface area contributed by atoms with Crippen LogP contribution in [0.1, 0.15) is 18.5 Å². The normalized spacial score (nSPS) is 22.2. The zero-order chi connectivity index (χ0) is 15.2. The third kappa shape index (κ3) is 3.28. The summed E-state index contributed by atoms with van der Waals surface area (Å²) in [6, 6.07) is 3.75. The van der Waals surface area contributed by atoms with Crippen LogP contribution in [0.25, 0.3) is 5.65 Å². The van der Waals surface area contributed by atoms with Gasteiger partial charge in [0.25, 0.3) is 0 Å². The van der Waals surface area contributed by atoms with Crippen LogP contribution < -0.4 is 10.0 Å². The van der Waals surface area contributed by atoms with E-state index in [4.69, 9.17) is 11.6 Å². The van der Waals surface area contributed by atoms with Crippen molar-refractivity contribution >= 4 is 33.1 Å². The van der Waals surface area contributed by atoms with Crippen molar-refractivity contribution in [3.8, 4) is 0 Å². The van der Waals surface area contributed by atoms with Crippen molar-refractivity contribution < 1.29 is 8.42 Å². The van der Waals surface area contributed by atoms with Gasteiger partial charge in [0.15, 0.2) is 5.65 Å². The van der Waals surface area contributed by atoms with Crippen molar-refractivity contribution in [3.63, 3.8) is 0 Å². The maximum absolute atomic E-state index is 11.2. The Hall–Kier alpha value is -1.38. The van der Waals surface area contributed by atoms with E-state index in [-0.39, 0.29) is 12.1 Å². The number of aryl methyl sites for hydroxylation is 1. The highest BCUT2D eigenvalue weighted by molar-refractivity contribution is 7.88. The van der Waals surface area contributed by atoms with Gasteiger partial charge in [0.05, 0.1) is 11.9 Å². The number of nitrogens with zero attached hydrogens (tertiary/aromatic N) is 3. The molecule has 2 aromatic rings. The number of fused-ring (bicyclic) bond motifs is 1. The number of halogens is 1. The fourth-order valence-electron chi connectivity index (χ4n) is 2.51. The van der Waals surface area contributed by atoms with Crippen LogP contribution in [0.2, 0.25) is 5.15 Å². The minimum Gasteiger partial charge on any atom is -0.367 e. The molecule has 0 atom stereocenters. The predicted octanol–water partition coefficient (Wildman–Crippen LogP) is 1.18. The van der Waals surface area contributed by atoms with E-state index < -0.39 is 10.0 Å². The first kappa shape index (κ1) is 14.6. The second-order valence-corrected chi connectivity index (χ2v) is 7.59. The first-order valence-electron chi connectivity index (χ1n) is 6.57. The molecule has 7 nitrogen and oxygen atoms in total. The molecule has 21 heavy (non-hydrogen) atoms. The Morgan fingerprint density at radius 1 is 1.33 bits per heavy atom. The molecule has 2 aromatic heterocycles. The van der Waals surface area contributed by atoms with Crippen LogP contribution in [-0.4, -0.2) is 41.4 Å². The summed E-state index contributed by atoms with van der Waals surface area (Å²) in [6.07, 6.45) is 2.63. The van der Waals surface area contributed by atoms with Crippen LogP contribution in [0.5, 0.6) is 0 Å². The second kappa shape index (κ2) is 5.11. The zero-order valence-corrected chi connectivity index (χ0v) is 13.2. The largest absolute Gasteiger partial charge is 0.367 e. The standard InChI is InChI=1S/C12H16ClN5O2S/c1-7-3-11-15-10(13)6-12(18(11)16-7)14-8-4-9(5-8)17-21(2,19)20/h3,6,8-9,14,17H,4-5H2,1-2H3. The van der Waals surface area contributed by atoms with Gasteiger partial charge in [-0.05, 0) is 19.8 Å². The lowest BCUT2D eigenvalue weighted by Crippen LogP contribution is -2.49. The predicted molar refractivity (Wildman–Crippen MR) is 81.1 cm³/mol. The van der Waals surface area contributed by atoms with E-state index in [1.165, 1.54) is 6.26 Å². The lowest BCUT2D eigenvalue weighted by Gasteiger charge is -2.36. The van der Waals surface area contributed by atoms with E-state index in [1.807, 2.05) is 13.0 Å². The number of nitrogens with one attached hydrogen (secondary N) is 2. The Bertz CT molecular complexity index is 782. The molecular formula is C12H16ClN5O2S. The summed E-state index contributed by atoms with van der Waals surface area (Å²) in [4.78, 5) is 4.21. The number of rotatable bonds is 4. The van der Waals surface area contributed by atoms with Crippen LogP contribution in [0.4, 0.5) is 5.82 Å². The Kier molecular flexibility index (Phi) is 3.54. The van der Waals surface area contributed by atoms with Crippen molar-refractivity contribution in [2.45, 2.75) is 31.8 Å². The molecule has 1 aliphatic carbocycles. The first-order chi connectivity index (χ1) is 9.80. The molecule has 1 aliphatic rings. The molecule has 114 valence electrons. The molecule has 9 heteroatoms. The molecule has 0 spiro atoms. The van der Waals surface area contributed by atoms with E-state index in [0.717, 1.165) is 24.4 Å². The number of sulfonamides is 1. The average molecular weight is 330 g/mol. The van der Waals surface area contributed by atoms with Gasteiger partial charge < -0.3 is 5.32 Å². The van der Waals surface area contributed by atoms with Crippen LogP contribution in [0.15, 0.2) is 12.1 Å². The third-order valence-electron chi connectivity index (χ3n) is 3.39. The SMILES string of the molecule is Cc1cc2nc(Cl)cc(NC3CC(NS(C)(=O)=O)C3)n2n1. The minimum atomic E-state index is -3.14. The number of hydrogen-bond donors (Lipinski definition) is 2.